The molecule has 0 N–H and O–H groups in total. The van der Waals surface area contributed by atoms with Gasteiger partial charge in [-0.15, -0.1) is 18.5 Å². The number of hydrogen-bond acceptors (Lipinski definition) is 0. The largest absolute Gasteiger partial charge is 0.125 e. The van der Waals surface area contributed by atoms with E-state index >= 15 is 0 Å². The fourth-order valence-corrected chi connectivity index (χ4v) is 8.37. The molecule has 0 spiro atoms. The second kappa shape index (κ2) is 12.1. The van der Waals surface area contributed by atoms with E-state index < -0.39 is 0 Å². The minimum Gasteiger partial charge on any atom is -0.125 e. The first kappa shape index (κ1) is 39.0. The smallest absolute Gasteiger partial charge is 0.0197 e. The van der Waals surface area contributed by atoms with Crippen LogP contribution in [0.4, 0.5) is 0 Å². The molecule has 0 aromatic heterocycles. The lowest BCUT2D eigenvalue weighted by Gasteiger charge is -2.57. The maximum atomic E-state index is 3.43. The van der Waals surface area contributed by atoms with Crippen LogP contribution in [-0.4, -0.2) is 0 Å². The Morgan fingerprint density at radius 1 is 0.348 bits per heavy atom. The summed E-state index contributed by atoms with van der Waals surface area (Å²) < 4.78 is 0. The highest BCUT2D eigenvalue weighted by Crippen LogP contribution is 2.65. The Kier molecular flexibility index (Phi) is 10.3. The first-order valence-corrected chi connectivity index (χ1v) is 18.5. The standard InChI is InChI=1S/C44H68P2/c1-37(2,3)31-23-19-29(20-24-31)33-27-35(43(45,39(7,8)9)40(10,11)12)36(44(46,41(13,14)15)42(16,17)18)28-34(33)30-21-25-32(26-22-30)38(4,5)6/h19-28H,45-46H2,1-18H3. The second-order valence-electron chi connectivity index (χ2n) is 20.2. The Morgan fingerprint density at radius 3 is 0.739 bits per heavy atom. The average molecular weight is 659 g/mol. The Hall–Kier alpha value is -1.48. The minimum absolute atomic E-state index is 0.0325. The molecular formula is C44H68P2. The molecule has 3 rings (SSSR count). The molecule has 0 radical (unpaired) electrons. The molecule has 0 aliphatic carbocycles. The predicted octanol–water partition coefficient (Wildman–Crippen LogP) is 13.9. The normalized spacial score (nSPS) is 14.5. The van der Waals surface area contributed by atoms with Gasteiger partial charge in [-0.1, -0.05) is 173 Å². The van der Waals surface area contributed by atoms with E-state index in [1.807, 2.05) is 0 Å². The fourth-order valence-electron chi connectivity index (χ4n) is 7.90. The van der Waals surface area contributed by atoms with Gasteiger partial charge in [0.1, 0.15) is 0 Å². The van der Waals surface area contributed by atoms with Crippen molar-refractivity contribution in [2.75, 3.05) is 0 Å². The molecule has 2 atom stereocenters. The monoisotopic (exact) mass is 658 g/mol. The molecule has 0 saturated carbocycles. The minimum atomic E-state index is -0.220. The zero-order chi connectivity index (χ0) is 35.7. The molecule has 0 aliphatic rings. The molecule has 0 saturated heterocycles. The van der Waals surface area contributed by atoms with Crippen LogP contribution in [0.3, 0.4) is 0 Å². The van der Waals surface area contributed by atoms with Gasteiger partial charge < -0.3 is 0 Å². The molecule has 0 bridgehead atoms. The van der Waals surface area contributed by atoms with Crippen LogP contribution in [0.25, 0.3) is 22.3 Å². The topological polar surface area (TPSA) is 0 Å². The van der Waals surface area contributed by atoms with E-state index in [-0.39, 0.29) is 42.8 Å². The second-order valence-corrected chi connectivity index (χ2v) is 21.9. The highest BCUT2D eigenvalue weighted by Gasteiger charge is 2.55. The summed E-state index contributed by atoms with van der Waals surface area (Å²) >= 11 is 0. The van der Waals surface area contributed by atoms with Gasteiger partial charge in [0.05, 0.1) is 0 Å². The number of rotatable bonds is 4. The molecule has 254 valence electrons. The van der Waals surface area contributed by atoms with Gasteiger partial charge in [-0.2, -0.15) is 0 Å². The van der Waals surface area contributed by atoms with E-state index in [4.69, 9.17) is 0 Å². The Labute approximate surface area is 290 Å². The maximum Gasteiger partial charge on any atom is 0.0197 e. The summed E-state index contributed by atoms with van der Waals surface area (Å²) in [7, 11) is 6.87. The zero-order valence-electron chi connectivity index (χ0n) is 32.9. The maximum absolute atomic E-state index is 3.43. The molecule has 0 amide bonds. The summed E-state index contributed by atoms with van der Waals surface area (Å²) in [6.07, 6.45) is 0. The third-order valence-corrected chi connectivity index (χ3v) is 14.9. The van der Waals surface area contributed by atoms with Gasteiger partial charge in [-0.3, -0.25) is 0 Å². The number of benzene rings is 3. The summed E-state index contributed by atoms with van der Waals surface area (Å²) in [5.41, 5.74) is 10.8. The summed E-state index contributed by atoms with van der Waals surface area (Å²) in [5.74, 6) is 0. The lowest BCUT2D eigenvalue weighted by atomic mass is 9.56. The molecule has 2 heteroatoms. The highest BCUT2D eigenvalue weighted by molar-refractivity contribution is 7.19. The quantitative estimate of drug-likeness (QED) is 0.245. The molecular weight excluding hydrogens is 590 g/mol. The third kappa shape index (κ3) is 6.97. The van der Waals surface area contributed by atoms with Gasteiger partial charge in [0.25, 0.3) is 0 Å². The van der Waals surface area contributed by atoms with Crippen molar-refractivity contribution >= 4 is 18.5 Å². The molecule has 46 heavy (non-hydrogen) atoms. The highest BCUT2D eigenvalue weighted by atomic mass is 31.0. The van der Waals surface area contributed by atoms with Crippen LogP contribution in [0.1, 0.15) is 147 Å². The summed E-state index contributed by atoms with van der Waals surface area (Å²) in [4.78, 5) is 0. The van der Waals surface area contributed by atoms with Crippen molar-refractivity contribution in [3.8, 4) is 22.3 Å². The van der Waals surface area contributed by atoms with Crippen LogP contribution in [-0.2, 0) is 21.1 Å². The van der Waals surface area contributed by atoms with E-state index in [1.165, 1.54) is 44.5 Å². The van der Waals surface area contributed by atoms with Crippen molar-refractivity contribution in [2.24, 2.45) is 21.7 Å². The van der Waals surface area contributed by atoms with Crippen LogP contribution in [0.5, 0.6) is 0 Å². The van der Waals surface area contributed by atoms with Gasteiger partial charge in [0.2, 0.25) is 0 Å². The van der Waals surface area contributed by atoms with E-state index in [0.29, 0.717) is 0 Å². The van der Waals surface area contributed by atoms with Crippen LogP contribution < -0.4 is 0 Å². The molecule has 0 nitrogen and oxygen atoms in total. The van der Waals surface area contributed by atoms with E-state index in [9.17, 15) is 0 Å². The Bertz CT molecular complexity index is 1360. The van der Waals surface area contributed by atoms with Gasteiger partial charge in [-0.05, 0) is 89.1 Å². The molecule has 0 aliphatic heterocycles. The average Bonchev–Trinajstić information content (AvgIpc) is 2.88. The van der Waals surface area contributed by atoms with Gasteiger partial charge >= 0.3 is 0 Å². The molecule has 2 unspecified atom stereocenters. The van der Waals surface area contributed by atoms with Gasteiger partial charge in [0.15, 0.2) is 0 Å². The van der Waals surface area contributed by atoms with Gasteiger partial charge in [-0.25, -0.2) is 0 Å². The zero-order valence-corrected chi connectivity index (χ0v) is 35.2. The van der Waals surface area contributed by atoms with Crippen molar-refractivity contribution in [2.45, 2.75) is 146 Å². The SMILES string of the molecule is CC(C)(C)c1ccc(-c2cc(C(P)(C(C)(C)C)C(C)(C)C)c(C(P)(C(C)(C)C)C(C)(C)C)cc2-c2ccc(C(C)(C)C)cc2)cc1. The fraction of sp³-hybridized carbons (Fsp3) is 0.591. The third-order valence-electron chi connectivity index (χ3n) is 10.9. The van der Waals surface area contributed by atoms with Crippen LogP contribution in [0, 0.1) is 21.7 Å². The number of hydrogen-bond donors (Lipinski definition) is 0. The van der Waals surface area contributed by atoms with Crippen molar-refractivity contribution in [1.82, 2.24) is 0 Å². The molecule has 0 fully saturated rings. The summed E-state index contributed by atoms with van der Waals surface area (Å²) in [6, 6.07) is 23.9. The van der Waals surface area contributed by atoms with Crippen molar-refractivity contribution < 1.29 is 0 Å². The van der Waals surface area contributed by atoms with Crippen LogP contribution in [0.2, 0.25) is 0 Å². The van der Waals surface area contributed by atoms with Crippen molar-refractivity contribution in [1.29, 1.82) is 0 Å². The molecule has 3 aromatic rings. The lowest BCUT2D eigenvalue weighted by Crippen LogP contribution is -2.50. The van der Waals surface area contributed by atoms with Crippen molar-refractivity contribution in [3.05, 3.63) is 82.9 Å². The van der Waals surface area contributed by atoms with Crippen LogP contribution >= 0.6 is 18.5 Å². The summed E-state index contributed by atoms with van der Waals surface area (Å²) in [6.45, 7) is 42.8. The Balaban J connectivity index is 2.68. The Morgan fingerprint density at radius 2 is 0.565 bits per heavy atom. The van der Waals surface area contributed by atoms with Crippen molar-refractivity contribution in [3.63, 3.8) is 0 Å². The first-order chi connectivity index (χ1) is 20.4. The molecule has 0 heterocycles. The van der Waals surface area contributed by atoms with E-state index in [1.54, 1.807) is 0 Å². The van der Waals surface area contributed by atoms with Crippen LogP contribution in [0.15, 0.2) is 60.7 Å². The first-order valence-electron chi connectivity index (χ1n) is 17.4. The lowest BCUT2D eigenvalue weighted by molar-refractivity contribution is 0.118. The van der Waals surface area contributed by atoms with Gasteiger partial charge in [0, 0.05) is 10.3 Å². The van der Waals surface area contributed by atoms with E-state index in [0.717, 1.165) is 0 Å². The summed E-state index contributed by atoms with van der Waals surface area (Å²) in [5, 5.41) is -0.440. The van der Waals surface area contributed by atoms with E-state index in [2.05, 4.69) is 204 Å². The molecule has 3 aromatic carbocycles. The predicted molar refractivity (Wildman–Crippen MR) is 215 cm³/mol.